The van der Waals surface area contributed by atoms with Crippen LogP contribution in [0.15, 0.2) is 91.5 Å². The number of nitrogens with one attached hydrogen (secondary N) is 2. The lowest BCUT2D eigenvalue weighted by atomic mass is 9.98. The third-order valence-electron chi connectivity index (χ3n) is 6.02. The number of hydrogen-bond donors (Lipinski definition) is 3. The van der Waals surface area contributed by atoms with Gasteiger partial charge in [-0.3, -0.25) is 4.79 Å². The van der Waals surface area contributed by atoms with Crippen LogP contribution in [0.2, 0.25) is 0 Å². The summed E-state index contributed by atoms with van der Waals surface area (Å²) in [7, 11) is 0. The fourth-order valence-corrected chi connectivity index (χ4v) is 4.35. The van der Waals surface area contributed by atoms with Gasteiger partial charge in [0, 0.05) is 5.92 Å². The molecule has 7 nitrogen and oxygen atoms in total. The van der Waals surface area contributed by atoms with E-state index in [0.717, 1.165) is 22.3 Å². The van der Waals surface area contributed by atoms with Crippen molar-refractivity contribution in [3.63, 3.8) is 0 Å². The number of ether oxygens (including phenoxy) is 1. The van der Waals surface area contributed by atoms with Gasteiger partial charge in [0.2, 0.25) is 5.91 Å². The standard InChI is InChI=1S/C28H26N2O5/c1-2-10-24(27(32)33)29-26(31)25(18-11-4-3-5-12-18)30-28(34)35-17-23-21-15-8-6-13-19(21)20-14-7-9-16-22(20)23/h2-9,11-16,23-25H,1,10,17H2,(H,29,31)(H,30,34)(H,32,33). The minimum absolute atomic E-state index is 0.0491. The maximum absolute atomic E-state index is 13.0. The average Bonchev–Trinajstić information content (AvgIpc) is 3.20. The van der Waals surface area contributed by atoms with Crippen molar-refractivity contribution in [1.82, 2.24) is 10.6 Å². The highest BCUT2D eigenvalue weighted by molar-refractivity contribution is 5.90. The maximum atomic E-state index is 13.0. The Bertz CT molecular complexity index is 1200. The number of benzene rings is 3. The van der Waals surface area contributed by atoms with E-state index >= 15 is 0 Å². The first kappa shape index (κ1) is 23.8. The van der Waals surface area contributed by atoms with Crippen molar-refractivity contribution in [3.05, 3.63) is 108 Å². The quantitative estimate of drug-likeness (QED) is 0.402. The highest BCUT2D eigenvalue weighted by Crippen LogP contribution is 2.44. The van der Waals surface area contributed by atoms with Crippen molar-refractivity contribution in [2.45, 2.75) is 24.4 Å². The van der Waals surface area contributed by atoms with E-state index in [1.807, 2.05) is 48.5 Å². The zero-order valence-corrected chi connectivity index (χ0v) is 19.0. The zero-order chi connectivity index (χ0) is 24.8. The molecule has 0 radical (unpaired) electrons. The van der Waals surface area contributed by atoms with Crippen LogP contribution in [0.25, 0.3) is 11.1 Å². The summed E-state index contributed by atoms with van der Waals surface area (Å²) in [6.45, 7) is 3.63. The van der Waals surface area contributed by atoms with Crippen LogP contribution in [-0.2, 0) is 14.3 Å². The Labute approximate surface area is 203 Å². The Morgan fingerprint density at radius 3 is 2.03 bits per heavy atom. The Morgan fingerprint density at radius 1 is 0.886 bits per heavy atom. The van der Waals surface area contributed by atoms with Gasteiger partial charge in [-0.05, 0) is 34.2 Å². The van der Waals surface area contributed by atoms with E-state index in [4.69, 9.17) is 4.74 Å². The summed E-state index contributed by atoms with van der Waals surface area (Å²) in [5, 5.41) is 14.4. The number of rotatable bonds is 9. The third-order valence-corrected chi connectivity index (χ3v) is 6.02. The molecule has 4 rings (SSSR count). The molecule has 2 atom stereocenters. The van der Waals surface area contributed by atoms with Gasteiger partial charge in [-0.1, -0.05) is 84.9 Å². The van der Waals surface area contributed by atoms with Crippen molar-refractivity contribution < 1.29 is 24.2 Å². The number of alkyl carbamates (subject to hydrolysis) is 1. The highest BCUT2D eigenvalue weighted by Gasteiger charge is 2.31. The Balaban J connectivity index is 1.49. The molecule has 0 aromatic heterocycles. The predicted octanol–water partition coefficient (Wildman–Crippen LogP) is 4.41. The number of amides is 2. The summed E-state index contributed by atoms with van der Waals surface area (Å²) in [5.74, 6) is -1.97. The summed E-state index contributed by atoms with van der Waals surface area (Å²) < 4.78 is 5.58. The number of carboxylic acid groups (broad SMARTS) is 1. The Morgan fingerprint density at radius 2 is 1.46 bits per heavy atom. The summed E-state index contributed by atoms with van der Waals surface area (Å²) in [6, 6.07) is 22.3. The molecule has 2 amide bonds. The summed E-state index contributed by atoms with van der Waals surface area (Å²) in [4.78, 5) is 37.3. The summed E-state index contributed by atoms with van der Waals surface area (Å²) in [6.07, 6.45) is 0.690. The molecule has 0 saturated heterocycles. The van der Waals surface area contributed by atoms with Gasteiger partial charge in [0.15, 0.2) is 0 Å². The van der Waals surface area contributed by atoms with Crippen LogP contribution in [0.5, 0.6) is 0 Å². The van der Waals surface area contributed by atoms with Crippen molar-refractivity contribution in [3.8, 4) is 11.1 Å². The summed E-state index contributed by atoms with van der Waals surface area (Å²) in [5.41, 5.74) is 4.88. The van der Waals surface area contributed by atoms with Gasteiger partial charge in [-0.25, -0.2) is 9.59 Å². The van der Waals surface area contributed by atoms with Crippen molar-refractivity contribution >= 4 is 18.0 Å². The summed E-state index contributed by atoms with van der Waals surface area (Å²) >= 11 is 0. The second-order valence-corrected chi connectivity index (χ2v) is 8.24. The van der Waals surface area contributed by atoms with E-state index in [1.165, 1.54) is 6.08 Å². The largest absolute Gasteiger partial charge is 0.480 e. The van der Waals surface area contributed by atoms with Crippen LogP contribution < -0.4 is 10.6 Å². The lowest BCUT2D eigenvalue weighted by molar-refractivity contribution is -0.142. The Kier molecular flexibility index (Phi) is 7.26. The molecule has 0 fully saturated rings. The molecule has 0 saturated carbocycles. The molecule has 3 aromatic carbocycles. The van der Waals surface area contributed by atoms with E-state index in [2.05, 4.69) is 17.2 Å². The smallest absolute Gasteiger partial charge is 0.408 e. The van der Waals surface area contributed by atoms with E-state index in [1.54, 1.807) is 30.3 Å². The normalized spacial score (nSPS) is 13.6. The van der Waals surface area contributed by atoms with Crippen LogP contribution in [0.3, 0.4) is 0 Å². The first-order valence-corrected chi connectivity index (χ1v) is 11.3. The molecule has 3 N–H and O–H groups in total. The lowest BCUT2D eigenvalue weighted by Crippen LogP contribution is -2.47. The van der Waals surface area contributed by atoms with Crippen LogP contribution >= 0.6 is 0 Å². The topological polar surface area (TPSA) is 105 Å². The van der Waals surface area contributed by atoms with Gasteiger partial charge in [0.1, 0.15) is 18.7 Å². The first-order valence-electron chi connectivity index (χ1n) is 11.3. The molecule has 0 heterocycles. The van der Waals surface area contributed by atoms with Crippen molar-refractivity contribution in [2.24, 2.45) is 0 Å². The molecule has 35 heavy (non-hydrogen) atoms. The minimum atomic E-state index is -1.19. The molecule has 1 aliphatic carbocycles. The molecular weight excluding hydrogens is 444 g/mol. The number of hydrogen-bond acceptors (Lipinski definition) is 4. The van der Waals surface area contributed by atoms with Gasteiger partial charge < -0.3 is 20.5 Å². The minimum Gasteiger partial charge on any atom is -0.480 e. The van der Waals surface area contributed by atoms with Crippen LogP contribution in [0.1, 0.15) is 35.1 Å². The fourth-order valence-electron chi connectivity index (χ4n) is 4.35. The number of fused-ring (bicyclic) bond motifs is 3. The molecule has 1 aliphatic rings. The SMILES string of the molecule is C=CCC(NC(=O)C(NC(=O)OCC1c2ccccc2-c2ccccc21)c1ccccc1)C(=O)O. The molecular formula is C28H26N2O5. The Hall–Kier alpha value is -4.39. The third kappa shape index (κ3) is 5.24. The average molecular weight is 471 g/mol. The first-order chi connectivity index (χ1) is 17.0. The highest BCUT2D eigenvalue weighted by atomic mass is 16.5. The van der Waals surface area contributed by atoms with E-state index < -0.39 is 30.1 Å². The van der Waals surface area contributed by atoms with Crippen molar-refractivity contribution in [2.75, 3.05) is 6.61 Å². The van der Waals surface area contributed by atoms with Crippen LogP contribution in [0.4, 0.5) is 4.79 Å². The van der Waals surface area contributed by atoms with Crippen molar-refractivity contribution in [1.29, 1.82) is 0 Å². The number of aliphatic carboxylic acids is 1. The maximum Gasteiger partial charge on any atom is 0.408 e. The molecule has 178 valence electrons. The zero-order valence-electron chi connectivity index (χ0n) is 19.0. The molecule has 7 heteroatoms. The van der Waals surface area contributed by atoms with E-state index in [-0.39, 0.29) is 18.9 Å². The van der Waals surface area contributed by atoms with Gasteiger partial charge in [0.25, 0.3) is 0 Å². The van der Waals surface area contributed by atoms with Gasteiger partial charge in [-0.2, -0.15) is 0 Å². The van der Waals surface area contributed by atoms with Gasteiger partial charge in [0.05, 0.1) is 0 Å². The van der Waals surface area contributed by atoms with E-state index in [9.17, 15) is 19.5 Å². The van der Waals surface area contributed by atoms with Gasteiger partial charge >= 0.3 is 12.1 Å². The molecule has 3 aromatic rings. The number of carbonyl (C=O) groups is 3. The predicted molar refractivity (Wildman–Crippen MR) is 132 cm³/mol. The molecule has 2 unspecified atom stereocenters. The second kappa shape index (κ2) is 10.7. The fraction of sp³-hybridized carbons (Fsp3) is 0.179. The van der Waals surface area contributed by atoms with E-state index in [0.29, 0.717) is 5.56 Å². The second-order valence-electron chi connectivity index (χ2n) is 8.24. The number of carbonyl (C=O) groups excluding carboxylic acids is 2. The molecule has 0 bridgehead atoms. The monoisotopic (exact) mass is 470 g/mol. The van der Waals surface area contributed by atoms with Crippen LogP contribution in [0, 0.1) is 0 Å². The van der Waals surface area contributed by atoms with Gasteiger partial charge in [-0.15, -0.1) is 6.58 Å². The molecule has 0 aliphatic heterocycles. The van der Waals surface area contributed by atoms with Crippen LogP contribution in [-0.4, -0.2) is 35.7 Å². The molecule has 0 spiro atoms. The number of carboxylic acids is 1. The lowest BCUT2D eigenvalue weighted by Gasteiger charge is -2.22.